The number of hydrogen-bond donors (Lipinski definition) is 3. The molecule has 0 saturated heterocycles. The van der Waals surface area contributed by atoms with Crippen LogP contribution in [0.15, 0.2) is 4.95 Å². The molecule has 0 radical (unpaired) electrons. The second-order valence-corrected chi connectivity index (χ2v) is 4.44. The number of hydrogen-bond acceptors (Lipinski definition) is 5. The Labute approximate surface area is 83.8 Å². The molecule has 9 nitrogen and oxygen atoms in total. The highest BCUT2D eigenvalue weighted by molar-refractivity contribution is 7.56. The van der Waals surface area contributed by atoms with E-state index >= 15 is 0 Å². The lowest BCUT2D eigenvalue weighted by molar-refractivity contribution is -0.141. The van der Waals surface area contributed by atoms with Crippen molar-refractivity contribution in [3.63, 3.8) is 0 Å². The molecular formula is C5H9N2O7P. The highest BCUT2D eigenvalue weighted by atomic mass is 31.2. The number of aliphatic carboxylic acids is 2. The first-order chi connectivity index (χ1) is 6.76. The van der Waals surface area contributed by atoms with Crippen molar-refractivity contribution in [2.45, 2.75) is 0 Å². The second kappa shape index (κ2) is 5.54. The van der Waals surface area contributed by atoms with Gasteiger partial charge in [0.1, 0.15) is 6.29 Å². The van der Waals surface area contributed by atoms with Crippen LogP contribution in [0.25, 0.3) is 0 Å². The predicted molar refractivity (Wildman–Crippen MR) is 47.3 cm³/mol. The molecule has 86 valence electrons. The topological polar surface area (TPSA) is 145 Å². The summed E-state index contributed by atoms with van der Waals surface area (Å²) in [6, 6.07) is 0. The van der Waals surface area contributed by atoms with Gasteiger partial charge in [0.15, 0.2) is 0 Å². The van der Waals surface area contributed by atoms with Crippen molar-refractivity contribution in [2.24, 2.45) is 4.95 Å². The van der Waals surface area contributed by atoms with E-state index in [1.165, 1.54) is 0 Å². The molecule has 1 unspecified atom stereocenters. The minimum absolute atomic E-state index is 0.632. The fourth-order valence-corrected chi connectivity index (χ4v) is 1.60. The first-order valence-electron chi connectivity index (χ1n) is 3.59. The van der Waals surface area contributed by atoms with E-state index in [0.29, 0.717) is 4.90 Å². The van der Waals surface area contributed by atoms with E-state index in [9.17, 15) is 19.1 Å². The van der Waals surface area contributed by atoms with E-state index in [1.54, 1.807) is 0 Å². The molecule has 0 bridgehead atoms. The third kappa shape index (κ3) is 6.72. The van der Waals surface area contributed by atoms with E-state index in [0.717, 1.165) is 0 Å². The largest absolute Gasteiger partial charge is 0.480 e. The minimum Gasteiger partial charge on any atom is -0.480 e. The molecule has 0 spiro atoms. The van der Waals surface area contributed by atoms with Gasteiger partial charge in [0, 0.05) is 4.95 Å². The summed E-state index contributed by atoms with van der Waals surface area (Å²) >= 11 is 0. The Kier molecular flexibility index (Phi) is 5.06. The lowest BCUT2D eigenvalue weighted by Gasteiger charge is -2.17. The molecule has 0 amide bonds. The summed E-state index contributed by atoms with van der Waals surface area (Å²) < 4.78 is 10.8. The maximum atomic E-state index is 10.8. The molecule has 0 aromatic heterocycles. The average molecular weight is 240 g/mol. The van der Waals surface area contributed by atoms with Gasteiger partial charge < -0.3 is 15.1 Å². The van der Waals surface area contributed by atoms with Gasteiger partial charge in [-0.2, -0.15) is 0 Å². The van der Waals surface area contributed by atoms with Crippen LogP contribution in [0.5, 0.6) is 0 Å². The molecule has 0 aliphatic rings. The molecule has 0 fully saturated rings. The highest BCUT2D eigenvalue weighted by Crippen LogP contribution is 2.41. The fraction of sp³-hybridized carbons (Fsp3) is 0.600. The normalized spacial score (nSPS) is 14.5. The lowest BCUT2D eigenvalue weighted by Crippen LogP contribution is -2.34. The standard InChI is InChI=1S/C5H9N2O7P/c8-4(9)1-7(2-5(10)11)3-15(13,14)6-12/h1-3H2,(H,8,9)(H,10,11)(H,13,14). The van der Waals surface area contributed by atoms with Gasteiger partial charge in [0.25, 0.3) is 0 Å². The second-order valence-electron chi connectivity index (χ2n) is 2.66. The monoisotopic (exact) mass is 240 g/mol. The van der Waals surface area contributed by atoms with Crippen molar-refractivity contribution >= 4 is 19.5 Å². The van der Waals surface area contributed by atoms with Crippen LogP contribution in [0, 0.1) is 4.91 Å². The van der Waals surface area contributed by atoms with E-state index in [4.69, 9.17) is 15.1 Å². The van der Waals surface area contributed by atoms with E-state index in [1.807, 2.05) is 4.95 Å². The summed E-state index contributed by atoms with van der Waals surface area (Å²) in [5, 5.41) is 16.7. The Hall–Kier alpha value is -1.31. The van der Waals surface area contributed by atoms with Gasteiger partial charge in [-0.1, -0.05) is 0 Å². The number of carboxylic acids is 2. The van der Waals surface area contributed by atoms with Crippen molar-refractivity contribution in [3.05, 3.63) is 4.91 Å². The van der Waals surface area contributed by atoms with Gasteiger partial charge in [-0.05, 0) is 0 Å². The Morgan fingerprint density at radius 3 is 1.87 bits per heavy atom. The summed E-state index contributed by atoms with van der Waals surface area (Å²) in [5.74, 6) is -2.75. The van der Waals surface area contributed by atoms with Gasteiger partial charge in [0.2, 0.25) is 0 Å². The molecule has 0 aliphatic heterocycles. The Morgan fingerprint density at radius 1 is 1.20 bits per heavy atom. The Balaban J connectivity index is 4.49. The van der Waals surface area contributed by atoms with Gasteiger partial charge in [0.05, 0.1) is 13.1 Å². The molecule has 0 heterocycles. The molecule has 15 heavy (non-hydrogen) atoms. The van der Waals surface area contributed by atoms with Crippen molar-refractivity contribution in [2.75, 3.05) is 19.4 Å². The van der Waals surface area contributed by atoms with Crippen molar-refractivity contribution in [1.82, 2.24) is 4.90 Å². The molecular weight excluding hydrogens is 231 g/mol. The van der Waals surface area contributed by atoms with Crippen LogP contribution in [0.3, 0.4) is 0 Å². The van der Waals surface area contributed by atoms with Crippen LogP contribution >= 0.6 is 7.52 Å². The molecule has 0 aromatic carbocycles. The zero-order valence-electron chi connectivity index (χ0n) is 7.44. The third-order valence-corrected chi connectivity index (χ3v) is 2.25. The van der Waals surface area contributed by atoms with Crippen LogP contribution in [-0.4, -0.2) is 51.3 Å². The van der Waals surface area contributed by atoms with E-state index in [2.05, 4.69) is 0 Å². The number of carbonyl (C=O) groups is 2. The highest BCUT2D eigenvalue weighted by Gasteiger charge is 2.26. The molecule has 0 aliphatic carbocycles. The number of nitrogens with zero attached hydrogens (tertiary/aromatic N) is 2. The van der Waals surface area contributed by atoms with Crippen LogP contribution in [0.2, 0.25) is 0 Å². The van der Waals surface area contributed by atoms with Gasteiger partial charge in [-0.25, -0.2) is 0 Å². The first kappa shape index (κ1) is 13.7. The molecule has 0 rings (SSSR count). The van der Waals surface area contributed by atoms with Crippen molar-refractivity contribution < 1.29 is 29.3 Å². The van der Waals surface area contributed by atoms with Gasteiger partial charge in [-0.15, -0.1) is 4.91 Å². The quantitative estimate of drug-likeness (QED) is 0.393. The predicted octanol–water partition coefficient (Wildman–Crippen LogP) is -0.633. The fourth-order valence-electron chi connectivity index (χ4n) is 0.825. The SMILES string of the molecule is O=NP(=O)(O)CN(CC(=O)O)CC(=O)O. The third-order valence-electron chi connectivity index (χ3n) is 1.23. The summed E-state index contributed by atoms with van der Waals surface area (Å²) in [4.78, 5) is 41.7. The number of carboxylic acid groups (broad SMARTS) is 2. The molecule has 0 saturated carbocycles. The summed E-state index contributed by atoms with van der Waals surface area (Å²) in [7, 11) is -4.37. The van der Waals surface area contributed by atoms with Crippen LogP contribution < -0.4 is 0 Å². The maximum absolute atomic E-state index is 10.8. The maximum Gasteiger partial charge on any atom is 0.363 e. The smallest absolute Gasteiger partial charge is 0.363 e. The molecule has 1 atom stereocenters. The zero-order valence-corrected chi connectivity index (χ0v) is 8.33. The van der Waals surface area contributed by atoms with E-state index < -0.39 is 38.8 Å². The van der Waals surface area contributed by atoms with Gasteiger partial charge in [-0.3, -0.25) is 19.1 Å². The summed E-state index contributed by atoms with van der Waals surface area (Å²) in [6.45, 7) is -1.52. The van der Waals surface area contributed by atoms with Gasteiger partial charge >= 0.3 is 19.5 Å². The average Bonchev–Trinajstić information content (AvgIpc) is 2.00. The zero-order chi connectivity index (χ0) is 12.1. The molecule has 10 heteroatoms. The van der Waals surface area contributed by atoms with Crippen LogP contribution in [0.4, 0.5) is 0 Å². The molecule has 0 aromatic rings. The van der Waals surface area contributed by atoms with Crippen LogP contribution in [0.1, 0.15) is 0 Å². The lowest BCUT2D eigenvalue weighted by atomic mass is 10.5. The molecule has 3 N–H and O–H groups in total. The Bertz CT molecular complexity index is 301. The number of rotatable bonds is 7. The summed E-state index contributed by atoms with van der Waals surface area (Å²) in [5.41, 5.74) is 0. The van der Waals surface area contributed by atoms with E-state index in [-0.39, 0.29) is 0 Å². The van der Waals surface area contributed by atoms with Crippen molar-refractivity contribution in [3.8, 4) is 0 Å². The first-order valence-corrected chi connectivity index (χ1v) is 5.39. The van der Waals surface area contributed by atoms with Crippen molar-refractivity contribution in [1.29, 1.82) is 0 Å². The summed E-state index contributed by atoms with van der Waals surface area (Å²) in [6.07, 6.45) is -0.894. The van der Waals surface area contributed by atoms with Crippen LogP contribution in [-0.2, 0) is 14.2 Å². The minimum atomic E-state index is -4.37. The Morgan fingerprint density at radius 2 is 1.60 bits per heavy atom. The number of nitroso groups, excluding NO2 is 1.